The van der Waals surface area contributed by atoms with Gasteiger partial charge in [0.1, 0.15) is 10.7 Å². The summed E-state index contributed by atoms with van der Waals surface area (Å²) in [7, 11) is -3.85. The molecule has 2 N–H and O–H groups in total. The first kappa shape index (κ1) is 21.1. The average molecular weight is 406 g/mol. The predicted molar refractivity (Wildman–Crippen MR) is 99.2 cm³/mol. The van der Waals surface area contributed by atoms with E-state index in [1.807, 2.05) is 0 Å². The first-order valence-corrected chi connectivity index (χ1v) is 10.2. The maximum absolute atomic E-state index is 13.9. The zero-order valence-corrected chi connectivity index (χ0v) is 16.1. The molecule has 2 unspecified atom stereocenters. The molecule has 2 aliphatic heterocycles. The number of benzene rings is 1. The van der Waals surface area contributed by atoms with Crippen molar-refractivity contribution in [3.63, 3.8) is 0 Å². The lowest BCUT2D eigenvalue weighted by Crippen LogP contribution is -2.46. The van der Waals surface area contributed by atoms with E-state index >= 15 is 0 Å². The second kappa shape index (κ2) is 9.12. The molecular formula is C17H25ClFN3O3S. The highest BCUT2D eigenvalue weighted by Crippen LogP contribution is 2.25. The Hall–Kier alpha value is -1.22. The number of piperidine rings is 1. The van der Waals surface area contributed by atoms with E-state index in [4.69, 9.17) is 0 Å². The van der Waals surface area contributed by atoms with Crippen molar-refractivity contribution in [1.82, 2.24) is 14.9 Å². The second-order valence-electron chi connectivity index (χ2n) is 6.70. The number of hydrogen-bond donors (Lipinski definition) is 2. The van der Waals surface area contributed by atoms with Crippen molar-refractivity contribution in [2.75, 3.05) is 26.2 Å². The molecule has 9 heteroatoms. The highest BCUT2D eigenvalue weighted by molar-refractivity contribution is 7.89. The minimum atomic E-state index is -3.85. The number of halogens is 2. The minimum Gasteiger partial charge on any atom is -0.354 e. The van der Waals surface area contributed by atoms with Crippen molar-refractivity contribution in [3.05, 3.63) is 30.1 Å². The van der Waals surface area contributed by atoms with Crippen LogP contribution >= 0.6 is 12.4 Å². The van der Waals surface area contributed by atoms with Crippen molar-refractivity contribution in [2.45, 2.75) is 36.6 Å². The number of hydrogen-bond acceptors (Lipinski definition) is 4. The Morgan fingerprint density at radius 2 is 2.04 bits per heavy atom. The van der Waals surface area contributed by atoms with Crippen LogP contribution in [0.3, 0.4) is 0 Å². The lowest BCUT2D eigenvalue weighted by molar-refractivity contribution is -0.123. The van der Waals surface area contributed by atoms with Crippen molar-refractivity contribution >= 4 is 28.3 Å². The number of amides is 1. The number of nitrogens with one attached hydrogen (secondary N) is 2. The van der Waals surface area contributed by atoms with Crippen LogP contribution < -0.4 is 10.6 Å². The van der Waals surface area contributed by atoms with E-state index in [1.54, 1.807) is 0 Å². The van der Waals surface area contributed by atoms with Gasteiger partial charge < -0.3 is 10.6 Å². The summed E-state index contributed by atoms with van der Waals surface area (Å²) < 4.78 is 40.6. The third-order valence-corrected chi connectivity index (χ3v) is 6.78. The van der Waals surface area contributed by atoms with Crippen molar-refractivity contribution in [2.24, 2.45) is 5.92 Å². The Balaban J connectivity index is 0.00000243. The van der Waals surface area contributed by atoms with Crippen LogP contribution in [-0.4, -0.2) is 50.9 Å². The maximum atomic E-state index is 13.9. The Labute approximate surface area is 160 Å². The molecule has 0 radical (unpaired) electrons. The average Bonchev–Trinajstić information content (AvgIpc) is 3.15. The summed E-state index contributed by atoms with van der Waals surface area (Å²) >= 11 is 0. The molecule has 3 rings (SSSR count). The number of sulfonamides is 1. The van der Waals surface area contributed by atoms with Gasteiger partial charge in [0.05, 0.1) is 6.04 Å². The summed E-state index contributed by atoms with van der Waals surface area (Å²) in [6, 6.07) is 5.30. The first-order chi connectivity index (χ1) is 12.0. The molecule has 2 fully saturated rings. The fourth-order valence-electron chi connectivity index (χ4n) is 3.48. The molecule has 146 valence electrons. The van der Waals surface area contributed by atoms with Crippen LogP contribution in [0.25, 0.3) is 0 Å². The smallest absolute Gasteiger partial charge is 0.245 e. The van der Waals surface area contributed by atoms with E-state index in [0.717, 1.165) is 31.9 Å². The monoisotopic (exact) mass is 405 g/mol. The van der Waals surface area contributed by atoms with Gasteiger partial charge in [-0.25, -0.2) is 12.8 Å². The molecule has 1 aromatic carbocycles. The van der Waals surface area contributed by atoms with E-state index in [-0.39, 0.29) is 35.2 Å². The van der Waals surface area contributed by atoms with Crippen molar-refractivity contribution in [3.8, 4) is 0 Å². The van der Waals surface area contributed by atoms with Crippen molar-refractivity contribution in [1.29, 1.82) is 0 Å². The second-order valence-corrected chi connectivity index (χ2v) is 8.60. The van der Waals surface area contributed by atoms with Gasteiger partial charge in [0, 0.05) is 19.6 Å². The van der Waals surface area contributed by atoms with Gasteiger partial charge in [-0.1, -0.05) is 12.1 Å². The molecule has 0 saturated carbocycles. The number of carbonyl (C=O) groups excluding carboxylic acids is 1. The SMILES string of the molecule is Cl.O=C(NCC1CCCN(S(=O)(=O)c2ccccc2F)C1)C1CCCN1. The summed E-state index contributed by atoms with van der Waals surface area (Å²) in [6.07, 6.45) is 3.39. The molecule has 2 heterocycles. The lowest BCUT2D eigenvalue weighted by atomic mass is 9.99. The maximum Gasteiger partial charge on any atom is 0.245 e. The Kier molecular flexibility index (Phi) is 7.40. The molecule has 0 spiro atoms. The Morgan fingerprint density at radius 3 is 2.73 bits per heavy atom. The van der Waals surface area contributed by atoms with E-state index in [9.17, 15) is 17.6 Å². The third kappa shape index (κ3) is 4.73. The number of carbonyl (C=O) groups is 1. The van der Waals surface area contributed by atoms with E-state index in [2.05, 4.69) is 10.6 Å². The molecule has 0 aromatic heterocycles. The van der Waals surface area contributed by atoms with Gasteiger partial charge in [-0.3, -0.25) is 4.79 Å². The van der Waals surface area contributed by atoms with Crippen LogP contribution in [0, 0.1) is 11.7 Å². The molecule has 2 aliphatic rings. The zero-order valence-electron chi connectivity index (χ0n) is 14.5. The zero-order chi connectivity index (χ0) is 17.9. The van der Waals surface area contributed by atoms with Crippen LogP contribution in [0.1, 0.15) is 25.7 Å². The molecule has 1 aromatic rings. The van der Waals surface area contributed by atoms with Gasteiger partial charge >= 0.3 is 0 Å². The number of nitrogens with zero attached hydrogens (tertiary/aromatic N) is 1. The minimum absolute atomic E-state index is 0. The summed E-state index contributed by atoms with van der Waals surface area (Å²) in [4.78, 5) is 11.8. The van der Waals surface area contributed by atoms with Gasteiger partial charge in [-0.15, -0.1) is 12.4 Å². The topological polar surface area (TPSA) is 78.5 Å². The van der Waals surface area contributed by atoms with E-state index in [0.29, 0.717) is 26.1 Å². The van der Waals surface area contributed by atoms with Crippen LogP contribution in [0.4, 0.5) is 4.39 Å². The highest BCUT2D eigenvalue weighted by Gasteiger charge is 2.32. The molecule has 1 amide bonds. The van der Waals surface area contributed by atoms with Crippen molar-refractivity contribution < 1.29 is 17.6 Å². The Morgan fingerprint density at radius 1 is 1.27 bits per heavy atom. The lowest BCUT2D eigenvalue weighted by Gasteiger charge is -2.32. The van der Waals surface area contributed by atoms with Gasteiger partial charge in [0.15, 0.2) is 0 Å². The first-order valence-electron chi connectivity index (χ1n) is 8.74. The van der Waals surface area contributed by atoms with Gasteiger partial charge in [-0.2, -0.15) is 4.31 Å². The summed E-state index contributed by atoms with van der Waals surface area (Å²) in [6.45, 7) is 1.98. The predicted octanol–water partition coefficient (Wildman–Crippen LogP) is 1.52. The molecule has 0 aliphatic carbocycles. The normalized spacial score (nSPS) is 24.0. The van der Waals surface area contributed by atoms with Gasteiger partial charge in [-0.05, 0) is 50.3 Å². The van der Waals surface area contributed by atoms with Gasteiger partial charge in [0.25, 0.3) is 0 Å². The fraction of sp³-hybridized carbons (Fsp3) is 0.588. The van der Waals surface area contributed by atoms with E-state index in [1.165, 1.54) is 22.5 Å². The van der Waals surface area contributed by atoms with Gasteiger partial charge in [0.2, 0.25) is 15.9 Å². The molecule has 6 nitrogen and oxygen atoms in total. The summed E-state index contributed by atoms with van der Waals surface area (Å²) in [5.41, 5.74) is 0. The largest absolute Gasteiger partial charge is 0.354 e. The quantitative estimate of drug-likeness (QED) is 0.778. The fourth-order valence-corrected chi connectivity index (χ4v) is 5.10. The molecule has 2 saturated heterocycles. The molecular weight excluding hydrogens is 381 g/mol. The van der Waals surface area contributed by atoms with Crippen LogP contribution in [0.15, 0.2) is 29.2 Å². The van der Waals surface area contributed by atoms with E-state index < -0.39 is 15.8 Å². The van der Waals surface area contributed by atoms with Crippen LogP contribution in [0.5, 0.6) is 0 Å². The summed E-state index contributed by atoms with van der Waals surface area (Å²) in [5.74, 6) is -0.711. The van der Waals surface area contributed by atoms with Crippen LogP contribution in [0.2, 0.25) is 0 Å². The third-order valence-electron chi connectivity index (χ3n) is 4.88. The molecule has 26 heavy (non-hydrogen) atoms. The number of rotatable bonds is 5. The summed E-state index contributed by atoms with van der Waals surface area (Å²) in [5, 5.41) is 6.07. The molecule has 2 atom stereocenters. The highest BCUT2D eigenvalue weighted by atomic mass is 35.5. The standard InChI is InChI=1S/C17H24FN3O3S.ClH/c18-14-6-1-2-8-16(14)25(23,24)21-10-4-5-13(12-21)11-20-17(22)15-7-3-9-19-15;/h1-2,6,8,13,15,19H,3-5,7,9-12H2,(H,20,22);1H. The molecule has 0 bridgehead atoms. The Bertz CT molecular complexity index is 726. The van der Waals surface area contributed by atoms with Crippen LogP contribution in [-0.2, 0) is 14.8 Å².